The van der Waals surface area contributed by atoms with Crippen molar-refractivity contribution < 1.29 is 45.9 Å². The molecule has 0 saturated carbocycles. The van der Waals surface area contributed by atoms with Gasteiger partial charge in [0, 0.05) is 21.7 Å². The molecular weight excluding hydrogens is 260 g/mol. The van der Waals surface area contributed by atoms with Gasteiger partial charge in [0.1, 0.15) is 6.42 Å². The molecule has 17 heavy (non-hydrogen) atoms. The molecule has 0 unspecified atom stereocenters. The Morgan fingerprint density at radius 3 is 1.71 bits per heavy atom. The van der Waals surface area contributed by atoms with Gasteiger partial charge in [-0.1, -0.05) is 0 Å². The summed E-state index contributed by atoms with van der Waals surface area (Å²) in [6, 6.07) is 0. The quantitative estimate of drug-likeness (QED) is 0.435. The number of ketones is 1. The third kappa shape index (κ3) is 7.65. The molecule has 5 nitrogen and oxygen atoms in total. The summed E-state index contributed by atoms with van der Waals surface area (Å²) in [7, 11) is 0. The Labute approximate surface area is 117 Å². The van der Waals surface area contributed by atoms with Crippen LogP contribution < -0.4 is 0 Å². The molecule has 0 rings (SSSR count). The zero-order valence-corrected chi connectivity index (χ0v) is 12.5. The maximum atomic E-state index is 11.7. The average molecular weight is 280 g/mol. The number of rotatable bonds is 7. The number of Topliss-reactive ketones (excluding diaryl/α,β-unsaturated/α-hetero) is 1. The van der Waals surface area contributed by atoms with Gasteiger partial charge in [-0.15, -0.1) is 0 Å². The van der Waals surface area contributed by atoms with Gasteiger partial charge in [0.25, 0.3) is 0 Å². The summed E-state index contributed by atoms with van der Waals surface area (Å²) in [6.07, 6.45) is -1.04. The average Bonchev–Trinajstić information content (AvgIpc) is 1.98. The third-order valence-corrected chi connectivity index (χ3v) is 1.74. The van der Waals surface area contributed by atoms with Crippen LogP contribution in [0.3, 0.4) is 0 Å². The van der Waals surface area contributed by atoms with Gasteiger partial charge in [0.05, 0.1) is 12.2 Å². The third-order valence-electron chi connectivity index (χ3n) is 1.74. The second kappa shape index (κ2) is 7.98. The summed E-state index contributed by atoms with van der Waals surface area (Å²) in [5, 5.41) is 8.58. The second-order valence-electron chi connectivity index (χ2n) is 4.27. The van der Waals surface area contributed by atoms with Gasteiger partial charge in [0.15, 0.2) is 0 Å². The molecule has 0 aromatic rings. The summed E-state index contributed by atoms with van der Waals surface area (Å²) < 4.78 is 10.8. The van der Waals surface area contributed by atoms with E-state index in [0.717, 1.165) is 0 Å². The van der Waals surface area contributed by atoms with Crippen molar-refractivity contribution in [2.24, 2.45) is 0 Å². The molecule has 0 spiro atoms. The fourth-order valence-electron chi connectivity index (χ4n) is 1.36. The van der Waals surface area contributed by atoms with Crippen molar-refractivity contribution in [3.05, 3.63) is 0 Å². The van der Waals surface area contributed by atoms with E-state index in [2.05, 4.69) is 0 Å². The minimum Gasteiger partial charge on any atom is -0.481 e. The van der Waals surface area contributed by atoms with Crippen LogP contribution in [0.5, 0.6) is 0 Å². The van der Waals surface area contributed by atoms with Crippen molar-refractivity contribution >= 4 is 11.8 Å². The summed E-state index contributed by atoms with van der Waals surface area (Å²) in [5.41, 5.74) is 0. The molecule has 0 aliphatic rings. The fraction of sp³-hybridized carbons (Fsp3) is 0.818. The first-order valence-corrected chi connectivity index (χ1v) is 5.28. The Morgan fingerprint density at radius 2 is 1.47 bits per heavy atom. The second-order valence-corrected chi connectivity index (χ2v) is 4.27. The topological polar surface area (TPSA) is 72.8 Å². The smallest absolute Gasteiger partial charge is 0.311 e. The molecule has 0 atom stereocenters. The van der Waals surface area contributed by atoms with Crippen LogP contribution >= 0.6 is 0 Å². The standard InChI is InChI=1S/C11H20O5.Ti/c1-7(2)15-11(5,16-8(3)4)9(12)6-10(13)14;/h7-8H,6H2,1-5H3,(H,13,14);. The van der Waals surface area contributed by atoms with E-state index in [4.69, 9.17) is 14.6 Å². The van der Waals surface area contributed by atoms with Crippen LogP contribution in [-0.2, 0) is 40.8 Å². The Kier molecular flexibility index (Phi) is 8.97. The van der Waals surface area contributed by atoms with Crippen molar-refractivity contribution in [1.82, 2.24) is 0 Å². The molecule has 0 saturated heterocycles. The Hall–Kier alpha value is -0.226. The van der Waals surface area contributed by atoms with Crippen LogP contribution in [0.15, 0.2) is 0 Å². The van der Waals surface area contributed by atoms with E-state index in [-0.39, 0.29) is 33.9 Å². The van der Waals surface area contributed by atoms with Crippen molar-refractivity contribution in [1.29, 1.82) is 0 Å². The molecule has 0 aliphatic heterocycles. The van der Waals surface area contributed by atoms with Crippen LogP contribution in [-0.4, -0.2) is 34.9 Å². The molecule has 0 aliphatic carbocycles. The maximum Gasteiger partial charge on any atom is 0.311 e. The van der Waals surface area contributed by atoms with Crippen LogP contribution in [0, 0.1) is 0 Å². The number of hydrogen-bond acceptors (Lipinski definition) is 4. The largest absolute Gasteiger partial charge is 0.481 e. The molecule has 1 N–H and O–H groups in total. The first-order valence-electron chi connectivity index (χ1n) is 5.28. The normalized spacial score (nSPS) is 11.5. The number of ether oxygens (including phenoxy) is 2. The zero-order valence-electron chi connectivity index (χ0n) is 10.9. The molecule has 0 amide bonds. The molecule has 0 aromatic heterocycles. The van der Waals surface area contributed by atoms with E-state index in [1.54, 1.807) is 27.7 Å². The zero-order chi connectivity index (χ0) is 12.9. The number of hydrogen-bond donors (Lipinski definition) is 1. The Balaban J connectivity index is 0. The number of aliphatic carboxylic acids is 1. The van der Waals surface area contributed by atoms with Crippen LogP contribution in [0.25, 0.3) is 0 Å². The van der Waals surface area contributed by atoms with Crippen LogP contribution in [0.2, 0.25) is 0 Å². The molecule has 0 bridgehead atoms. The van der Waals surface area contributed by atoms with Gasteiger partial charge >= 0.3 is 5.97 Å². The van der Waals surface area contributed by atoms with Crippen molar-refractivity contribution in [2.75, 3.05) is 0 Å². The number of carbonyl (C=O) groups excluding carboxylic acids is 1. The first kappa shape index (κ1) is 19.1. The van der Waals surface area contributed by atoms with Gasteiger partial charge in [-0.25, -0.2) is 0 Å². The molecular formula is C11H20O5Ti. The summed E-state index contributed by atoms with van der Waals surface area (Å²) in [4.78, 5) is 22.2. The minimum atomic E-state index is -1.49. The van der Waals surface area contributed by atoms with Crippen molar-refractivity contribution in [2.45, 2.75) is 59.0 Å². The molecule has 0 fully saturated rings. The summed E-state index contributed by atoms with van der Waals surface area (Å²) >= 11 is 0. The number of carbonyl (C=O) groups is 2. The van der Waals surface area contributed by atoms with E-state index >= 15 is 0 Å². The maximum absolute atomic E-state index is 11.7. The SMILES string of the molecule is CC(C)OC(C)(OC(C)C)C(=O)CC(=O)O.[Ti]. The van der Waals surface area contributed by atoms with E-state index in [0.29, 0.717) is 0 Å². The van der Waals surface area contributed by atoms with E-state index in [9.17, 15) is 9.59 Å². The Bertz CT molecular complexity index is 253. The van der Waals surface area contributed by atoms with Gasteiger partial charge in [0.2, 0.25) is 11.6 Å². The summed E-state index contributed by atoms with van der Waals surface area (Å²) in [5.74, 6) is -3.25. The van der Waals surface area contributed by atoms with E-state index in [1.165, 1.54) is 6.92 Å². The predicted octanol–water partition coefficient (Wildman–Crippen LogP) is 1.59. The van der Waals surface area contributed by atoms with Crippen LogP contribution in [0.1, 0.15) is 41.0 Å². The van der Waals surface area contributed by atoms with Gasteiger partial charge in [-0.05, 0) is 34.6 Å². The Morgan fingerprint density at radius 1 is 1.12 bits per heavy atom. The van der Waals surface area contributed by atoms with E-state index < -0.39 is 24.0 Å². The number of carboxylic acid groups (broad SMARTS) is 1. The minimum absolute atomic E-state index is 0. The molecule has 0 aromatic carbocycles. The van der Waals surface area contributed by atoms with Crippen LogP contribution in [0.4, 0.5) is 0 Å². The van der Waals surface area contributed by atoms with Gasteiger partial charge < -0.3 is 14.6 Å². The first-order chi connectivity index (χ1) is 7.17. The van der Waals surface area contributed by atoms with E-state index in [1.807, 2.05) is 0 Å². The van der Waals surface area contributed by atoms with Gasteiger partial charge in [-0.3, -0.25) is 9.59 Å². The van der Waals surface area contributed by atoms with Crippen molar-refractivity contribution in [3.8, 4) is 0 Å². The fourth-order valence-corrected chi connectivity index (χ4v) is 1.36. The molecule has 98 valence electrons. The van der Waals surface area contributed by atoms with Gasteiger partial charge in [-0.2, -0.15) is 0 Å². The monoisotopic (exact) mass is 280 g/mol. The predicted molar refractivity (Wildman–Crippen MR) is 58.1 cm³/mol. The molecule has 6 heteroatoms. The number of carboxylic acids is 1. The molecule has 0 radical (unpaired) electrons. The van der Waals surface area contributed by atoms with Crippen molar-refractivity contribution in [3.63, 3.8) is 0 Å². The summed E-state index contributed by atoms with van der Waals surface area (Å²) in [6.45, 7) is 8.50. The molecule has 0 heterocycles.